The van der Waals surface area contributed by atoms with Gasteiger partial charge in [0.2, 0.25) is 0 Å². The summed E-state index contributed by atoms with van der Waals surface area (Å²) in [5.74, 6) is 0.626. The topological polar surface area (TPSA) is 70.5 Å². The summed E-state index contributed by atoms with van der Waals surface area (Å²) in [4.78, 5) is 4.13. The number of likely N-dealkylation sites (N-methyl/N-ethyl adjacent to an activating group) is 1. The first kappa shape index (κ1) is 13.6. The molecule has 3 rings (SSSR count). The Balaban J connectivity index is 1.72. The van der Waals surface area contributed by atoms with Crippen LogP contribution in [0.4, 0.5) is 5.69 Å². The second-order valence-corrected chi connectivity index (χ2v) is 6.50. The smallest absolute Gasteiger partial charge is 0.166 e. The maximum Gasteiger partial charge on any atom is 0.166 e. The number of benzene rings is 1. The van der Waals surface area contributed by atoms with Crippen LogP contribution in [0.3, 0.4) is 0 Å². The van der Waals surface area contributed by atoms with E-state index in [2.05, 4.69) is 46.4 Å². The van der Waals surface area contributed by atoms with E-state index >= 15 is 0 Å². The van der Waals surface area contributed by atoms with Gasteiger partial charge in [-0.05, 0) is 19.2 Å². The number of hydrogen-bond donors (Lipinski definition) is 3. The Morgan fingerprint density at radius 2 is 1.80 bits per heavy atom. The van der Waals surface area contributed by atoms with Gasteiger partial charge in [-0.25, -0.2) is 0 Å². The van der Waals surface area contributed by atoms with Crippen molar-refractivity contribution in [3.8, 4) is 0 Å². The summed E-state index contributed by atoms with van der Waals surface area (Å²) in [6.07, 6.45) is 0. The highest BCUT2D eigenvalue weighted by atomic mass is 32.2. The van der Waals surface area contributed by atoms with Crippen LogP contribution >= 0.6 is 11.8 Å². The number of nitrogens with two attached hydrogens (primary N) is 2. The molecule has 0 aliphatic carbocycles. The van der Waals surface area contributed by atoms with Crippen molar-refractivity contribution < 1.29 is 0 Å². The molecule has 1 fully saturated rings. The SMILES string of the molecule is CN1CCN(c2ccc(C3(N)NC(N)=CS3)cc2)CC1. The van der Waals surface area contributed by atoms with Crippen molar-refractivity contribution in [3.05, 3.63) is 41.1 Å². The Kier molecular flexibility index (Phi) is 3.54. The predicted octanol–water partition coefficient (Wildman–Crippen LogP) is 0.601. The summed E-state index contributed by atoms with van der Waals surface area (Å²) < 4.78 is 0. The van der Waals surface area contributed by atoms with Gasteiger partial charge < -0.3 is 20.9 Å². The molecule has 0 radical (unpaired) electrons. The maximum atomic E-state index is 6.32. The molecule has 0 amide bonds. The molecule has 2 heterocycles. The lowest BCUT2D eigenvalue weighted by Gasteiger charge is -2.34. The quantitative estimate of drug-likeness (QED) is 0.741. The van der Waals surface area contributed by atoms with Crippen molar-refractivity contribution in [2.75, 3.05) is 38.1 Å². The highest BCUT2D eigenvalue weighted by molar-refractivity contribution is 8.03. The van der Waals surface area contributed by atoms with Gasteiger partial charge in [0.15, 0.2) is 4.99 Å². The second-order valence-electron chi connectivity index (χ2n) is 5.39. The lowest BCUT2D eigenvalue weighted by Crippen LogP contribution is -2.45. The number of piperazine rings is 1. The van der Waals surface area contributed by atoms with Gasteiger partial charge in [0, 0.05) is 42.8 Å². The van der Waals surface area contributed by atoms with E-state index in [-0.39, 0.29) is 0 Å². The third-order valence-corrected chi connectivity index (χ3v) is 4.95. The Labute approximate surface area is 124 Å². The first-order valence-electron chi connectivity index (χ1n) is 6.81. The Morgan fingerprint density at radius 1 is 1.15 bits per heavy atom. The largest absolute Gasteiger partial charge is 0.385 e. The fraction of sp³-hybridized carbons (Fsp3) is 0.429. The fourth-order valence-electron chi connectivity index (χ4n) is 2.55. The maximum absolute atomic E-state index is 6.32. The molecular formula is C14H21N5S. The molecule has 5 N–H and O–H groups in total. The van der Waals surface area contributed by atoms with Gasteiger partial charge in [-0.3, -0.25) is 5.73 Å². The molecule has 6 heteroatoms. The van der Waals surface area contributed by atoms with E-state index in [1.807, 2.05) is 5.41 Å². The number of anilines is 1. The van der Waals surface area contributed by atoms with Crippen molar-refractivity contribution in [2.45, 2.75) is 4.99 Å². The first-order valence-corrected chi connectivity index (χ1v) is 7.69. The van der Waals surface area contributed by atoms with E-state index in [0.29, 0.717) is 5.82 Å². The molecule has 1 aromatic carbocycles. The standard InChI is InChI=1S/C14H21N5S/c1-18-6-8-19(9-7-18)12-4-2-11(3-5-12)14(16)17-13(15)10-20-14/h2-5,10,17H,6-9,15-16H2,1H3. The summed E-state index contributed by atoms with van der Waals surface area (Å²) in [7, 11) is 2.17. The minimum absolute atomic E-state index is 0.626. The molecule has 1 aromatic rings. The summed E-state index contributed by atoms with van der Waals surface area (Å²) in [6, 6.07) is 8.46. The van der Waals surface area contributed by atoms with Crippen LogP contribution in [0.5, 0.6) is 0 Å². The molecule has 0 bridgehead atoms. The first-order chi connectivity index (χ1) is 9.57. The molecule has 20 heavy (non-hydrogen) atoms. The third-order valence-electron chi connectivity index (χ3n) is 3.87. The fourth-order valence-corrected chi connectivity index (χ4v) is 3.38. The van der Waals surface area contributed by atoms with Crippen LogP contribution in [0.1, 0.15) is 5.56 Å². The van der Waals surface area contributed by atoms with Gasteiger partial charge in [0.05, 0.1) is 0 Å². The highest BCUT2D eigenvalue weighted by Crippen LogP contribution is 2.35. The van der Waals surface area contributed by atoms with Gasteiger partial charge >= 0.3 is 0 Å². The van der Waals surface area contributed by atoms with Crippen molar-refractivity contribution >= 4 is 17.4 Å². The lowest BCUT2D eigenvalue weighted by molar-refractivity contribution is 0.313. The molecule has 0 aromatic heterocycles. The van der Waals surface area contributed by atoms with Crippen molar-refractivity contribution in [1.82, 2.24) is 10.2 Å². The van der Waals surface area contributed by atoms with Crippen LogP contribution in [0.2, 0.25) is 0 Å². The average Bonchev–Trinajstić information content (AvgIpc) is 2.81. The van der Waals surface area contributed by atoms with Gasteiger partial charge in [-0.2, -0.15) is 0 Å². The van der Waals surface area contributed by atoms with E-state index in [0.717, 1.165) is 31.7 Å². The van der Waals surface area contributed by atoms with Gasteiger partial charge in [0.1, 0.15) is 5.82 Å². The molecule has 2 aliphatic rings. The van der Waals surface area contributed by atoms with Crippen LogP contribution in [0.15, 0.2) is 35.5 Å². The van der Waals surface area contributed by atoms with Gasteiger partial charge in [-0.15, -0.1) is 0 Å². The summed E-state index contributed by atoms with van der Waals surface area (Å²) >= 11 is 1.51. The summed E-state index contributed by atoms with van der Waals surface area (Å²) in [5, 5.41) is 4.97. The van der Waals surface area contributed by atoms with Crippen molar-refractivity contribution in [3.63, 3.8) is 0 Å². The monoisotopic (exact) mass is 291 g/mol. The van der Waals surface area contributed by atoms with Crippen LogP contribution in [0, 0.1) is 0 Å². The number of rotatable bonds is 2. The van der Waals surface area contributed by atoms with Crippen molar-refractivity contribution in [2.24, 2.45) is 11.5 Å². The Hall–Kier alpha value is -1.37. The average molecular weight is 291 g/mol. The second kappa shape index (κ2) is 5.20. The van der Waals surface area contributed by atoms with Crippen LogP contribution < -0.4 is 21.7 Å². The molecule has 0 spiro atoms. The lowest BCUT2D eigenvalue weighted by atomic mass is 10.1. The molecule has 0 saturated carbocycles. The zero-order chi connectivity index (χ0) is 14.2. The zero-order valence-corrected chi connectivity index (χ0v) is 12.5. The summed E-state index contributed by atoms with van der Waals surface area (Å²) in [6.45, 7) is 4.37. The van der Waals surface area contributed by atoms with E-state index in [9.17, 15) is 0 Å². The summed E-state index contributed by atoms with van der Waals surface area (Å²) in [5.41, 5.74) is 14.4. The van der Waals surface area contributed by atoms with E-state index in [1.165, 1.54) is 17.4 Å². The number of hydrogen-bond acceptors (Lipinski definition) is 6. The highest BCUT2D eigenvalue weighted by Gasteiger charge is 2.31. The van der Waals surface area contributed by atoms with Gasteiger partial charge in [0.25, 0.3) is 0 Å². The predicted molar refractivity (Wildman–Crippen MR) is 85.0 cm³/mol. The number of nitrogens with zero attached hydrogens (tertiary/aromatic N) is 2. The molecule has 108 valence electrons. The minimum atomic E-state index is -0.634. The van der Waals surface area contributed by atoms with Crippen LogP contribution in [0.25, 0.3) is 0 Å². The van der Waals surface area contributed by atoms with E-state index < -0.39 is 4.99 Å². The normalized spacial score (nSPS) is 27.3. The molecule has 1 atom stereocenters. The third kappa shape index (κ3) is 2.59. The zero-order valence-electron chi connectivity index (χ0n) is 11.7. The van der Waals surface area contributed by atoms with Crippen molar-refractivity contribution in [1.29, 1.82) is 0 Å². The molecule has 2 aliphatic heterocycles. The number of nitrogens with one attached hydrogen (secondary N) is 1. The van der Waals surface area contributed by atoms with Crippen LogP contribution in [-0.2, 0) is 4.99 Å². The van der Waals surface area contributed by atoms with Crippen LogP contribution in [-0.4, -0.2) is 38.1 Å². The van der Waals surface area contributed by atoms with E-state index in [4.69, 9.17) is 11.5 Å². The molecular weight excluding hydrogens is 270 g/mol. The molecule has 1 unspecified atom stereocenters. The Morgan fingerprint density at radius 3 is 2.35 bits per heavy atom. The van der Waals surface area contributed by atoms with Gasteiger partial charge in [-0.1, -0.05) is 23.9 Å². The molecule has 1 saturated heterocycles. The minimum Gasteiger partial charge on any atom is -0.385 e. The number of thioether (sulfide) groups is 1. The Bertz CT molecular complexity index is 507. The molecule has 5 nitrogen and oxygen atoms in total. The van der Waals surface area contributed by atoms with E-state index in [1.54, 1.807) is 0 Å².